The van der Waals surface area contributed by atoms with E-state index in [0.29, 0.717) is 21.3 Å². The van der Waals surface area contributed by atoms with Crippen LogP contribution >= 0.6 is 22.9 Å². The van der Waals surface area contributed by atoms with Gasteiger partial charge < -0.3 is 10.7 Å². The van der Waals surface area contributed by atoms with Gasteiger partial charge in [-0.1, -0.05) is 11.6 Å². The van der Waals surface area contributed by atoms with Crippen LogP contribution in [-0.2, 0) is 4.79 Å². The van der Waals surface area contributed by atoms with Crippen molar-refractivity contribution in [2.75, 3.05) is 5.32 Å². The average Bonchev–Trinajstić information content (AvgIpc) is 2.79. The Morgan fingerprint density at radius 3 is 2.58 bits per heavy atom. The van der Waals surface area contributed by atoms with E-state index < -0.39 is 24.2 Å². The van der Waals surface area contributed by atoms with Crippen LogP contribution in [0.5, 0.6) is 0 Å². The summed E-state index contributed by atoms with van der Waals surface area (Å²) in [7, 11) is 0. The summed E-state index contributed by atoms with van der Waals surface area (Å²) in [4.78, 5) is 17.1. The molecule has 128 valence electrons. The summed E-state index contributed by atoms with van der Waals surface area (Å²) in [5, 5.41) is 10.3. The minimum atomic E-state index is -4.81. The van der Waals surface area contributed by atoms with Crippen LogP contribution < -0.4 is 5.32 Å². The Bertz CT molecular complexity index is 782. The molecule has 0 radical (unpaired) electrons. The van der Waals surface area contributed by atoms with Crippen molar-refractivity contribution in [1.82, 2.24) is 4.98 Å². The number of alkyl halides is 3. The molecular weight excluding hydrogens is 363 g/mol. The van der Waals surface area contributed by atoms with Crippen molar-refractivity contribution in [2.24, 2.45) is 0 Å². The normalized spacial score (nSPS) is 11.4. The molecule has 2 N–H and O–H groups in total. The van der Waals surface area contributed by atoms with Crippen molar-refractivity contribution in [2.45, 2.75) is 26.4 Å². The summed E-state index contributed by atoms with van der Waals surface area (Å²) in [5.74, 6) is -0.919. The molecule has 0 atom stereocenters. The number of hydrogen-bond donors (Lipinski definition) is 2. The van der Waals surface area contributed by atoms with E-state index in [1.54, 1.807) is 6.07 Å². The first-order valence-corrected chi connectivity index (χ1v) is 7.96. The van der Waals surface area contributed by atoms with Gasteiger partial charge in [0.1, 0.15) is 10.7 Å². The topological polar surface area (TPSA) is 65.8 Å². The van der Waals surface area contributed by atoms with Gasteiger partial charge in [-0.05, 0) is 32.0 Å². The highest BCUT2D eigenvalue weighted by Gasteiger charge is 2.35. The van der Waals surface area contributed by atoms with Crippen molar-refractivity contribution in [3.05, 3.63) is 33.8 Å². The molecule has 2 aromatic rings. The van der Waals surface area contributed by atoms with E-state index in [-0.39, 0.29) is 0 Å². The maximum atomic E-state index is 12.3. The summed E-state index contributed by atoms with van der Waals surface area (Å²) >= 11 is 7.58. The predicted octanol–water partition coefficient (Wildman–Crippen LogP) is 4.99. The molecule has 0 aliphatic carbocycles. The zero-order valence-corrected chi connectivity index (χ0v) is 14.3. The summed E-state index contributed by atoms with van der Waals surface area (Å²) in [6, 6.07) is 4.57. The zero-order chi connectivity index (χ0) is 18.1. The van der Waals surface area contributed by atoms with Gasteiger partial charge in [-0.2, -0.15) is 13.2 Å². The van der Waals surface area contributed by atoms with Crippen LogP contribution in [0.25, 0.3) is 10.6 Å². The molecule has 0 unspecified atom stereocenters. The first kappa shape index (κ1) is 18.4. The second-order valence-electron chi connectivity index (χ2n) is 5.06. The number of nitrogens with one attached hydrogen (secondary N) is 2. The average molecular weight is 376 g/mol. The van der Waals surface area contributed by atoms with E-state index in [4.69, 9.17) is 17.0 Å². The standard InChI is InChI=1S/C15H13ClF3N3OS/c1-7-8(2)24-14(21-7)10-5-9(3-4-11(10)16)22-13(23)6-12(20)15(17,18)19/h3-5,20H,6H2,1-2H3,(H,22,23). The lowest BCUT2D eigenvalue weighted by atomic mass is 10.2. The minimum Gasteiger partial charge on any atom is -0.326 e. The molecule has 1 aromatic heterocycles. The fourth-order valence-electron chi connectivity index (χ4n) is 1.82. The van der Waals surface area contributed by atoms with E-state index in [9.17, 15) is 18.0 Å². The van der Waals surface area contributed by atoms with Gasteiger partial charge in [0.25, 0.3) is 0 Å². The van der Waals surface area contributed by atoms with Crippen molar-refractivity contribution in [1.29, 1.82) is 5.41 Å². The first-order valence-electron chi connectivity index (χ1n) is 6.76. The lowest BCUT2D eigenvalue weighted by Gasteiger charge is -2.10. The van der Waals surface area contributed by atoms with Gasteiger partial charge in [0.2, 0.25) is 5.91 Å². The number of halogens is 4. The van der Waals surface area contributed by atoms with Crippen LogP contribution in [0.4, 0.5) is 18.9 Å². The number of carbonyl (C=O) groups excluding carboxylic acids is 1. The molecule has 0 fully saturated rings. The van der Waals surface area contributed by atoms with Crippen LogP contribution in [0.15, 0.2) is 18.2 Å². The van der Waals surface area contributed by atoms with Crippen LogP contribution in [0, 0.1) is 19.3 Å². The molecule has 1 aromatic carbocycles. The number of nitrogens with zero attached hydrogens (tertiary/aromatic N) is 1. The van der Waals surface area contributed by atoms with Crippen LogP contribution in [0.1, 0.15) is 17.0 Å². The lowest BCUT2D eigenvalue weighted by molar-refractivity contribution is -0.116. The predicted molar refractivity (Wildman–Crippen MR) is 89.1 cm³/mol. The van der Waals surface area contributed by atoms with Crippen LogP contribution in [0.2, 0.25) is 5.02 Å². The van der Waals surface area contributed by atoms with E-state index in [1.807, 2.05) is 13.8 Å². The van der Waals surface area contributed by atoms with E-state index in [0.717, 1.165) is 10.6 Å². The fraction of sp³-hybridized carbons (Fsp3) is 0.267. The van der Waals surface area contributed by atoms with Crippen LogP contribution in [-0.4, -0.2) is 22.8 Å². The van der Waals surface area contributed by atoms with E-state index in [2.05, 4.69) is 10.3 Å². The number of benzene rings is 1. The highest BCUT2D eigenvalue weighted by molar-refractivity contribution is 7.15. The minimum absolute atomic E-state index is 0.292. The molecule has 1 amide bonds. The van der Waals surface area contributed by atoms with Gasteiger partial charge in [0.05, 0.1) is 17.1 Å². The quantitative estimate of drug-likeness (QED) is 0.739. The first-order chi connectivity index (χ1) is 11.1. The Morgan fingerprint density at radius 1 is 1.38 bits per heavy atom. The monoisotopic (exact) mass is 375 g/mol. The van der Waals surface area contributed by atoms with Crippen molar-refractivity contribution in [3.63, 3.8) is 0 Å². The Morgan fingerprint density at radius 2 is 2.04 bits per heavy atom. The highest BCUT2D eigenvalue weighted by atomic mass is 35.5. The third-order valence-corrected chi connectivity index (χ3v) is 4.62. The number of anilines is 1. The second-order valence-corrected chi connectivity index (χ2v) is 6.67. The van der Waals surface area contributed by atoms with Crippen molar-refractivity contribution >= 4 is 40.2 Å². The second kappa shape index (κ2) is 6.90. The number of amides is 1. The molecule has 0 saturated heterocycles. The summed E-state index contributed by atoms with van der Waals surface area (Å²) in [6.45, 7) is 3.77. The smallest absolute Gasteiger partial charge is 0.326 e. The summed E-state index contributed by atoms with van der Waals surface area (Å²) < 4.78 is 36.9. The number of rotatable bonds is 4. The van der Waals surface area contributed by atoms with Gasteiger partial charge >= 0.3 is 6.18 Å². The Kier molecular flexibility index (Phi) is 5.29. The number of thiazole rings is 1. The SMILES string of the molecule is Cc1nc(-c2cc(NC(=O)CC(=N)C(F)(F)F)ccc2Cl)sc1C. The summed E-state index contributed by atoms with van der Waals surface area (Å²) in [5.41, 5.74) is 0.140. The Balaban J connectivity index is 2.19. The molecule has 4 nitrogen and oxygen atoms in total. The maximum absolute atomic E-state index is 12.3. The molecule has 24 heavy (non-hydrogen) atoms. The maximum Gasteiger partial charge on any atom is 0.429 e. The molecule has 0 spiro atoms. The molecular formula is C15H13ClF3N3OS. The Hall–Kier alpha value is -1.93. The van der Waals surface area contributed by atoms with E-state index >= 15 is 0 Å². The lowest BCUT2D eigenvalue weighted by Crippen LogP contribution is -2.27. The number of aryl methyl sites for hydroxylation is 2. The van der Waals surface area contributed by atoms with Gasteiger partial charge in [-0.15, -0.1) is 11.3 Å². The molecule has 1 heterocycles. The largest absolute Gasteiger partial charge is 0.429 e. The third kappa shape index (κ3) is 4.33. The zero-order valence-electron chi connectivity index (χ0n) is 12.7. The molecule has 0 aliphatic heterocycles. The molecule has 9 heteroatoms. The number of carbonyl (C=O) groups is 1. The van der Waals surface area contributed by atoms with Crippen molar-refractivity contribution < 1.29 is 18.0 Å². The Labute approximate surface area is 145 Å². The van der Waals surface area contributed by atoms with E-state index in [1.165, 1.54) is 23.5 Å². The highest BCUT2D eigenvalue weighted by Crippen LogP contribution is 2.34. The number of hydrogen-bond acceptors (Lipinski definition) is 4. The fourth-order valence-corrected chi connectivity index (χ4v) is 3.03. The van der Waals surface area contributed by atoms with Gasteiger partial charge in [0, 0.05) is 16.1 Å². The third-order valence-electron chi connectivity index (χ3n) is 3.19. The summed E-state index contributed by atoms with van der Waals surface area (Å²) in [6.07, 6.45) is -5.85. The number of aromatic nitrogens is 1. The van der Waals surface area contributed by atoms with Gasteiger partial charge in [0.15, 0.2) is 0 Å². The van der Waals surface area contributed by atoms with Gasteiger partial charge in [-0.25, -0.2) is 4.98 Å². The van der Waals surface area contributed by atoms with Crippen molar-refractivity contribution in [3.8, 4) is 10.6 Å². The molecule has 0 aliphatic rings. The van der Waals surface area contributed by atoms with Gasteiger partial charge in [-0.3, -0.25) is 4.79 Å². The molecule has 2 rings (SSSR count). The van der Waals surface area contributed by atoms with Crippen LogP contribution in [0.3, 0.4) is 0 Å². The molecule has 0 saturated carbocycles. The molecule has 0 bridgehead atoms.